The topological polar surface area (TPSA) is 50.8 Å². The highest BCUT2D eigenvalue weighted by Crippen LogP contribution is 2.39. The minimum atomic E-state index is -0.172. The third-order valence-corrected chi connectivity index (χ3v) is 4.31. The number of carbonyl (C=O) groups is 1. The summed E-state index contributed by atoms with van der Waals surface area (Å²) in [6.45, 7) is 0. The number of rotatable bonds is 3. The Morgan fingerprint density at radius 3 is 2.57 bits per heavy atom. The summed E-state index contributed by atoms with van der Waals surface area (Å²) in [5.74, 6) is 1.11. The molecule has 1 atom stereocenters. The van der Waals surface area contributed by atoms with Gasteiger partial charge in [-0.05, 0) is 22.9 Å². The predicted molar refractivity (Wildman–Crippen MR) is 82.3 cm³/mol. The Kier molecular flexibility index (Phi) is 3.47. The van der Waals surface area contributed by atoms with Crippen molar-refractivity contribution < 1.29 is 14.3 Å². The molecule has 3 rings (SSSR count). The van der Waals surface area contributed by atoms with Gasteiger partial charge in [-0.25, -0.2) is 0 Å². The maximum Gasteiger partial charge on any atom is 0.257 e. The first kappa shape index (κ1) is 13.8. The van der Waals surface area contributed by atoms with Gasteiger partial charge < -0.3 is 19.7 Å². The molecule has 2 heterocycles. The molecule has 1 aliphatic rings. The summed E-state index contributed by atoms with van der Waals surface area (Å²) in [5, 5.41) is 7.42. The van der Waals surface area contributed by atoms with Crippen LogP contribution in [0.3, 0.4) is 0 Å². The summed E-state index contributed by atoms with van der Waals surface area (Å²) < 4.78 is 10.6. The lowest BCUT2D eigenvalue weighted by Crippen LogP contribution is -2.40. The maximum atomic E-state index is 12.6. The van der Waals surface area contributed by atoms with Crippen molar-refractivity contribution >= 4 is 22.9 Å². The first-order valence-corrected chi connectivity index (χ1v) is 7.41. The van der Waals surface area contributed by atoms with E-state index in [1.54, 1.807) is 49.6 Å². The second-order valence-electron chi connectivity index (χ2n) is 4.77. The summed E-state index contributed by atoms with van der Waals surface area (Å²) in [4.78, 5) is 14.3. The monoisotopic (exact) mass is 304 g/mol. The number of carbonyl (C=O) groups excluding carboxylic acids is 1. The van der Waals surface area contributed by atoms with E-state index in [4.69, 9.17) is 9.47 Å². The Labute approximate surface area is 127 Å². The smallest absolute Gasteiger partial charge is 0.257 e. The number of nitrogens with zero attached hydrogens (tertiary/aromatic N) is 1. The van der Waals surface area contributed by atoms with Gasteiger partial charge in [-0.2, -0.15) is 11.3 Å². The molecule has 1 aromatic carbocycles. The zero-order valence-corrected chi connectivity index (χ0v) is 12.9. The number of fused-ring (bicyclic) bond motifs is 1. The van der Waals surface area contributed by atoms with Crippen molar-refractivity contribution in [2.45, 2.75) is 6.17 Å². The summed E-state index contributed by atoms with van der Waals surface area (Å²) in [7, 11) is 4.93. The van der Waals surface area contributed by atoms with E-state index in [0.717, 1.165) is 11.3 Å². The Hall–Kier alpha value is -2.21. The molecule has 6 heteroatoms. The Bertz CT molecular complexity index is 670. The van der Waals surface area contributed by atoms with Gasteiger partial charge in [0.25, 0.3) is 5.91 Å². The van der Waals surface area contributed by atoms with Gasteiger partial charge in [0.1, 0.15) is 6.17 Å². The number of hydrogen-bond donors (Lipinski definition) is 1. The van der Waals surface area contributed by atoms with Gasteiger partial charge in [0.15, 0.2) is 11.5 Å². The zero-order chi connectivity index (χ0) is 15.0. The van der Waals surface area contributed by atoms with Crippen LogP contribution in [0, 0.1) is 0 Å². The number of ether oxygens (including phenoxy) is 2. The van der Waals surface area contributed by atoms with Crippen molar-refractivity contribution in [2.24, 2.45) is 0 Å². The predicted octanol–water partition coefficient (Wildman–Crippen LogP) is 2.96. The van der Waals surface area contributed by atoms with Gasteiger partial charge in [0, 0.05) is 18.7 Å². The fourth-order valence-electron chi connectivity index (χ4n) is 2.46. The molecule has 1 aromatic heterocycles. The zero-order valence-electron chi connectivity index (χ0n) is 12.0. The molecule has 5 nitrogen and oxygen atoms in total. The number of anilines is 1. The molecular weight excluding hydrogens is 288 g/mol. The molecule has 0 saturated heterocycles. The summed E-state index contributed by atoms with van der Waals surface area (Å²) in [6, 6.07) is 5.53. The van der Waals surface area contributed by atoms with Crippen LogP contribution < -0.4 is 14.8 Å². The number of benzene rings is 1. The Morgan fingerprint density at radius 1 is 1.24 bits per heavy atom. The minimum Gasteiger partial charge on any atom is -0.493 e. The fraction of sp³-hybridized carbons (Fsp3) is 0.267. The lowest BCUT2D eigenvalue weighted by atomic mass is 10.0. The average molecular weight is 304 g/mol. The fourth-order valence-corrected chi connectivity index (χ4v) is 3.14. The second kappa shape index (κ2) is 5.29. The van der Waals surface area contributed by atoms with Crippen LogP contribution >= 0.6 is 11.3 Å². The molecule has 0 spiro atoms. The highest BCUT2D eigenvalue weighted by atomic mass is 32.1. The van der Waals surface area contributed by atoms with E-state index >= 15 is 0 Å². The Balaban J connectivity index is 2.07. The molecule has 2 aromatic rings. The highest BCUT2D eigenvalue weighted by Gasteiger charge is 2.31. The molecule has 1 N–H and O–H groups in total. The third-order valence-electron chi connectivity index (χ3n) is 3.61. The number of amides is 1. The van der Waals surface area contributed by atoms with E-state index in [9.17, 15) is 4.79 Å². The van der Waals surface area contributed by atoms with E-state index in [0.29, 0.717) is 17.1 Å². The van der Waals surface area contributed by atoms with Crippen molar-refractivity contribution in [1.29, 1.82) is 0 Å². The summed E-state index contributed by atoms with van der Waals surface area (Å²) >= 11 is 1.61. The van der Waals surface area contributed by atoms with E-state index in [2.05, 4.69) is 5.32 Å². The molecule has 0 radical (unpaired) electrons. The van der Waals surface area contributed by atoms with Gasteiger partial charge in [0.2, 0.25) is 0 Å². The van der Waals surface area contributed by atoms with Gasteiger partial charge >= 0.3 is 0 Å². The van der Waals surface area contributed by atoms with Crippen molar-refractivity contribution in [2.75, 3.05) is 26.6 Å². The van der Waals surface area contributed by atoms with E-state index in [1.807, 2.05) is 16.8 Å². The van der Waals surface area contributed by atoms with E-state index in [-0.39, 0.29) is 12.1 Å². The first-order valence-electron chi connectivity index (χ1n) is 6.47. The van der Waals surface area contributed by atoms with Crippen LogP contribution in [0.2, 0.25) is 0 Å². The SMILES string of the molecule is COc1cc2c(cc1OC)C(=O)N(C)[C@H](c1ccsc1)N2. The summed E-state index contributed by atoms with van der Waals surface area (Å²) in [6.07, 6.45) is -0.172. The molecular formula is C15H16N2O3S. The van der Waals surface area contributed by atoms with E-state index in [1.165, 1.54) is 0 Å². The highest BCUT2D eigenvalue weighted by molar-refractivity contribution is 7.08. The molecule has 1 amide bonds. The number of thiophene rings is 1. The van der Waals surface area contributed by atoms with Crippen LogP contribution in [0.25, 0.3) is 0 Å². The van der Waals surface area contributed by atoms with Crippen molar-refractivity contribution in [1.82, 2.24) is 4.90 Å². The van der Waals surface area contributed by atoms with Gasteiger partial charge in [-0.1, -0.05) is 0 Å². The molecule has 0 aliphatic carbocycles. The van der Waals surface area contributed by atoms with E-state index < -0.39 is 0 Å². The lowest BCUT2D eigenvalue weighted by molar-refractivity contribution is 0.0735. The van der Waals surface area contributed by atoms with Gasteiger partial charge in [-0.3, -0.25) is 4.79 Å². The van der Waals surface area contributed by atoms with Crippen LogP contribution in [0.15, 0.2) is 29.0 Å². The first-order chi connectivity index (χ1) is 10.2. The molecule has 0 bridgehead atoms. The van der Waals surface area contributed by atoms with Crippen molar-refractivity contribution in [3.63, 3.8) is 0 Å². The molecule has 1 aliphatic heterocycles. The van der Waals surface area contributed by atoms with Gasteiger partial charge in [0.05, 0.1) is 25.5 Å². The molecule has 0 fully saturated rings. The third kappa shape index (κ3) is 2.21. The average Bonchev–Trinajstić information content (AvgIpc) is 3.03. The maximum absolute atomic E-state index is 12.6. The number of nitrogens with one attached hydrogen (secondary N) is 1. The lowest BCUT2D eigenvalue weighted by Gasteiger charge is -2.35. The molecule has 21 heavy (non-hydrogen) atoms. The second-order valence-corrected chi connectivity index (χ2v) is 5.55. The molecule has 110 valence electrons. The van der Waals surface area contributed by atoms with Gasteiger partial charge in [-0.15, -0.1) is 0 Å². The molecule has 0 saturated carbocycles. The largest absolute Gasteiger partial charge is 0.493 e. The normalized spacial score (nSPS) is 17.2. The van der Waals surface area contributed by atoms with Crippen LogP contribution in [0.1, 0.15) is 22.1 Å². The number of methoxy groups -OCH3 is 2. The van der Waals surface area contributed by atoms with Crippen LogP contribution in [-0.2, 0) is 0 Å². The van der Waals surface area contributed by atoms with Crippen molar-refractivity contribution in [3.05, 3.63) is 40.1 Å². The van der Waals surface area contributed by atoms with Crippen LogP contribution in [-0.4, -0.2) is 32.1 Å². The number of hydrogen-bond acceptors (Lipinski definition) is 5. The quantitative estimate of drug-likeness (QED) is 0.947. The minimum absolute atomic E-state index is 0.0408. The van der Waals surface area contributed by atoms with Crippen LogP contribution in [0.4, 0.5) is 5.69 Å². The Morgan fingerprint density at radius 2 is 1.95 bits per heavy atom. The standard InChI is InChI=1S/C15H16N2O3S/c1-17-14(9-4-5-21-8-9)16-11-7-13(20-3)12(19-2)6-10(11)15(17)18/h4-8,14,16H,1-3H3/t14-/m1/s1. The molecule has 0 unspecified atom stereocenters. The van der Waals surface area contributed by atoms with Crippen molar-refractivity contribution in [3.8, 4) is 11.5 Å². The van der Waals surface area contributed by atoms with Crippen LogP contribution in [0.5, 0.6) is 11.5 Å². The summed E-state index contributed by atoms with van der Waals surface area (Å²) in [5.41, 5.74) is 2.41.